The number of methoxy groups -OCH3 is 1. The summed E-state index contributed by atoms with van der Waals surface area (Å²) in [6.07, 6.45) is 1.17. The van der Waals surface area contributed by atoms with Gasteiger partial charge in [0.2, 0.25) is 5.91 Å². The highest BCUT2D eigenvalue weighted by Crippen LogP contribution is 2.27. The van der Waals surface area contributed by atoms with Crippen LogP contribution in [0.4, 0.5) is 0 Å². The third kappa shape index (κ3) is 2.35. The highest BCUT2D eigenvalue weighted by atomic mass is 16.5. The monoisotopic (exact) mass is 275 g/mol. The van der Waals surface area contributed by atoms with Gasteiger partial charge in [0.15, 0.2) is 0 Å². The van der Waals surface area contributed by atoms with E-state index in [9.17, 15) is 9.59 Å². The minimum Gasteiger partial charge on any atom is -0.493 e. The fourth-order valence-corrected chi connectivity index (χ4v) is 2.81. The van der Waals surface area contributed by atoms with E-state index in [0.29, 0.717) is 13.1 Å². The van der Waals surface area contributed by atoms with Gasteiger partial charge in [0.25, 0.3) is 0 Å². The zero-order chi connectivity index (χ0) is 14.1. The SMILES string of the molecule is COC(=O)C1CC(=O)N(Cc2ccc3c(c2)CCO3)C1. The summed E-state index contributed by atoms with van der Waals surface area (Å²) in [7, 11) is 1.36. The lowest BCUT2D eigenvalue weighted by molar-refractivity contribution is -0.145. The van der Waals surface area contributed by atoms with Crippen LogP contribution in [0.5, 0.6) is 5.75 Å². The molecule has 0 aromatic heterocycles. The molecule has 2 heterocycles. The molecule has 2 aliphatic rings. The molecule has 0 bridgehead atoms. The number of esters is 1. The first-order chi connectivity index (χ1) is 9.67. The molecule has 3 rings (SSSR count). The normalized spacial score (nSPS) is 20.8. The average Bonchev–Trinajstić information content (AvgIpc) is 3.05. The van der Waals surface area contributed by atoms with Crippen LogP contribution < -0.4 is 4.74 Å². The number of amides is 1. The quantitative estimate of drug-likeness (QED) is 0.776. The summed E-state index contributed by atoms with van der Waals surface area (Å²) in [5.74, 6) is 0.319. The smallest absolute Gasteiger partial charge is 0.310 e. The molecular weight excluding hydrogens is 258 g/mol. The van der Waals surface area contributed by atoms with Crippen molar-refractivity contribution in [2.45, 2.75) is 19.4 Å². The van der Waals surface area contributed by atoms with E-state index in [0.717, 1.165) is 24.3 Å². The molecule has 1 aromatic carbocycles. The van der Waals surface area contributed by atoms with Crippen molar-refractivity contribution in [2.75, 3.05) is 20.3 Å². The Morgan fingerprint density at radius 1 is 1.50 bits per heavy atom. The van der Waals surface area contributed by atoms with Crippen molar-refractivity contribution in [3.8, 4) is 5.75 Å². The Hall–Kier alpha value is -2.04. The highest BCUT2D eigenvalue weighted by Gasteiger charge is 2.34. The predicted octanol–water partition coefficient (Wildman–Crippen LogP) is 1.14. The minimum absolute atomic E-state index is 0.0112. The van der Waals surface area contributed by atoms with Crippen molar-refractivity contribution in [2.24, 2.45) is 5.92 Å². The second-order valence-electron chi connectivity index (χ2n) is 5.24. The summed E-state index contributed by atoms with van der Waals surface area (Å²) in [6.45, 7) is 1.71. The molecule has 0 radical (unpaired) electrons. The van der Waals surface area contributed by atoms with Gasteiger partial charge in [-0.05, 0) is 17.2 Å². The highest BCUT2D eigenvalue weighted by molar-refractivity contribution is 5.86. The molecule has 106 valence electrons. The fraction of sp³-hybridized carbons (Fsp3) is 0.467. The molecule has 5 nitrogen and oxygen atoms in total. The number of fused-ring (bicyclic) bond motifs is 1. The van der Waals surface area contributed by atoms with Gasteiger partial charge < -0.3 is 14.4 Å². The Balaban J connectivity index is 1.69. The van der Waals surface area contributed by atoms with Crippen LogP contribution in [-0.4, -0.2) is 37.0 Å². The maximum atomic E-state index is 11.9. The van der Waals surface area contributed by atoms with Crippen molar-refractivity contribution in [3.05, 3.63) is 29.3 Å². The lowest BCUT2D eigenvalue weighted by atomic mass is 10.1. The van der Waals surface area contributed by atoms with Gasteiger partial charge in [-0.25, -0.2) is 0 Å². The van der Waals surface area contributed by atoms with Crippen molar-refractivity contribution in [1.29, 1.82) is 0 Å². The first-order valence-corrected chi connectivity index (χ1v) is 6.77. The lowest BCUT2D eigenvalue weighted by Gasteiger charge is -2.16. The van der Waals surface area contributed by atoms with Crippen molar-refractivity contribution in [3.63, 3.8) is 0 Å². The second kappa shape index (κ2) is 5.15. The standard InChI is InChI=1S/C15H17NO4/c1-19-15(18)12-7-14(17)16(9-12)8-10-2-3-13-11(6-10)4-5-20-13/h2-3,6,12H,4-5,7-9H2,1H3. The minimum atomic E-state index is -0.328. The number of ether oxygens (including phenoxy) is 2. The molecule has 2 aliphatic heterocycles. The van der Waals surface area contributed by atoms with Gasteiger partial charge in [-0.1, -0.05) is 12.1 Å². The first-order valence-electron chi connectivity index (χ1n) is 6.77. The number of hydrogen-bond acceptors (Lipinski definition) is 4. The van der Waals surface area contributed by atoms with E-state index < -0.39 is 0 Å². The molecule has 0 saturated carbocycles. The van der Waals surface area contributed by atoms with Gasteiger partial charge in [0.1, 0.15) is 5.75 Å². The Morgan fingerprint density at radius 2 is 2.35 bits per heavy atom. The van der Waals surface area contributed by atoms with Gasteiger partial charge in [0, 0.05) is 25.9 Å². The zero-order valence-corrected chi connectivity index (χ0v) is 11.4. The van der Waals surface area contributed by atoms with E-state index in [-0.39, 0.29) is 24.2 Å². The fourth-order valence-electron chi connectivity index (χ4n) is 2.81. The van der Waals surface area contributed by atoms with E-state index in [1.54, 1.807) is 4.90 Å². The molecule has 5 heteroatoms. The van der Waals surface area contributed by atoms with Crippen LogP contribution >= 0.6 is 0 Å². The van der Waals surface area contributed by atoms with Crippen molar-refractivity contribution in [1.82, 2.24) is 4.90 Å². The van der Waals surface area contributed by atoms with Gasteiger partial charge in [-0.2, -0.15) is 0 Å². The number of hydrogen-bond donors (Lipinski definition) is 0. The molecule has 1 unspecified atom stereocenters. The largest absolute Gasteiger partial charge is 0.493 e. The third-order valence-corrected chi connectivity index (χ3v) is 3.88. The van der Waals surface area contributed by atoms with Crippen LogP contribution in [0, 0.1) is 5.92 Å². The number of likely N-dealkylation sites (tertiary alicyclic amines) is 1. The molecule has 0 spiro atoms. The van der Waals surface area contributed by atoms with E-state index in [1.165, 1.54) is 12.7 Å². The maximum absolute atomic E-state index is 11.9. The van der Waals surface area contributed by atoms with Crippen LogP contribution in [0.25, 0.3) is 0 Å². The summed E-state index contributed by atoms with van der Waals surface area (Å²) in [6, 6.07) is 6.01. The summed E-state index contributed by atoms with van der Waals surface area (Å²) >= 11 is 0. The molecule has 1 atom stereocenters. The van der Waals surface area contributed by atoms with Crippen LogP contribution in [-0.2, 0) is 27.3 Å². The number of carbonyl (C=O) groups is 2. The second-order valence-corrected chi connectivity index (χ2v) is 5.24. The summed E-state index contributed by atoms with van der Waals surface area (Å²) in [4.78, 5) is 25.2. The number of carbonyl (C=O) groups excluding carboxylic acids is 2. The average molecular weight is 275 g/mol. The lowest BCUT2D eigenvalue weighted by Crippen LogP contribution is -2.26. The molecule has 1 amide bonds. The molecule has 1 fully saturated rings. The molecule has 1 saturated heterocycles. The van der Waals surface area contributed by atoms with Crippen LogP contribution in [0.1, 0.15) is 17.5 Å². The number of nitrogens with zero attached hydrogens (tertiary/aromatic N) is 1. The molecular formula is C15H17NO4. The maximum Gasteiger partial charge on any atom is 0.310 e. The summed E-state index contributed by atoms with van der Waals surface area (Å²) < 4.78 is 10.2. The molecule has 20 heavy (non-hydrogen) atoms. The summed E-state index contributed by atoms with van der Waals surface area (Å²) in [5.41, 5.74) is 2.27. The third-order valence-electron chi connectivity index (χ3n) is 3.88. The van der Waals surface area contributed by atoms with E-state index in [2.05, 4.69) is 6.07 Å². The van der Waals surface area contributed by atoms with Crippen molar-refractivity contribution < 1.29 is 19.1 Å². The van der Waals surface area contributed by atoms with Crippen LogP contribution in [0.3, 0.4) is 0 Å². The van der Waals surface area contributed by atoms with Gasteiger partial charge >= 0.3 is 5.97 Å². The van der Waals surface area contributed by atoms with Gasteiger partial charge in [0.05, 0.1) is 19.6 Å². The van der Waals surface area contributed by atoms with Gasteiger partial charge in [-0.15, -0.1) is 0 Å². The number of rotatable bonds is 3. The van der Waals surface area contributed by atoms with E-state index in [1.807, 2.05) is 12.1 Å². The van der Waals surface area contributed by atoms with E-state index >= 15 is 0 Å². The van der Waals surface area contributed by atoms with Gasteiger partial charge in [-0.3, -0.25) is 9.59 Å². The zero-order valence-electron chi connectivity index (χ0n) is 11.4. The van der Waals surface area contributed by atoms with Crippen LogP contribution in [0.2, 0.25) is 0 Å². The Labute approximate surface area is 117 Å². The number of benzene rings is 1. The topological polar surface area (TPSA) is 55.8 Å². The molecule has 0 N–H and O–H groups in total. The van der Waals surface area contributed by atoms with Crippen molar-refractivity contribution >= 4 is 11.9 Å². The molecule has 1 aromatic rings. The summed E-state index contributed by atoms with van der Waals surface area (Å²) in [5, 5.41) is 0. The Bertz CT molecular complexity index is 555. The van der Waals surface area contributed by atoms with Crippen LogP contribution in [0.15, 0.2) is 18.2 Å². The Morgan fingerprint density at radius 3 is 3.15 bits per heavy atom. The first kappa shape index (κ1) is 13.0. The van der Waals surface area contributed by atoms with E-state index in [4.69, 9.17) is 9.47 Å². The predicted molar refractivity (Wildman–Crippen MR) is 71.2 cm³/mol. The molecule has 0 aliphatic carbocycles. The Kier molecular flexibility index (Phi) is 3.34.